The number of aromatic nitrogens is 2. The van der Waals surface area contributed by atoms with Gasteiger partial charge in [0.25, 0.3) is 0 Å². The van der Waals surface area contributed by atoms with Gasteiger partial charge in [0.2, 0.25) is 0 Å². The lowest BCUT2D eigenvalue weighted by Crippen LogP contribution is -2.04. The Labute approximate surface area is 112 Å². The van der Waals surface area contributed by atoms with E-state index < -0.39 is 0 Å². The van der Waals surface area contributed by atoms with E-state index in [9.17, 15) is 5.26 Å². The van der Waals surface area contributed by atoms with Gasteiger partial charge in [-0.05, 0) is 54.9 Å². The Hall–Kier alpha value is -2.08. The van der Waals surface area contributed by atoms with Gasteiger partial charge in [-0.3, -0.25) is 0 Å². The number of aromatic amines is 1. The first-order valence-electron chi connectivity index (χ1n) is 6.90. The number of benzene rings is 1. The average molecular weight is 249 g/mol. The summed E-state index contributed by atoms with van der Waals surface area (Å²) in [6.45, 7) is 0. The van der Waals surface area contributed by atoms with Gasteiger partial charge < -0.3 is 4.98 Å². The Morgan fingerprint density at radius 3 is 2.84 bits per heavy atom. The van der Waals surface area contributed by atoms with Crippen molar-refractivity contribution >= 4 is 0 Å². The number of hydrogen-bond acceptors (Lipinski definition) is 2. The summed E-state index contributed by atoms with van der Waals surface area (Å²) in [7, 11) is 0. The molecule has 1 aromatic heterocycles. The quantitative estimate of drug-likeness (QED) is 0.889. The molecular formula is C16H15N3. The molecule has 0 spiro atoms. The number of nitriles is 1. The molecule has 0 bridgehead atoms. The summed E-state index contributed by atoms with van der Waals surface area (Å²) < 4.78 is 0. The molecule has 2 aromatic rings. The molecule has 1 aromatic carbocycles. The maximum absolute atomic E-state index is 9.21. The van der Waals surface area contributed by atoms with Crippen LogP contribution in [-0.4, -0.2) is 9.97 Å². The number of imidazole rings is 1. The van der Waals surface area contributed by atoms with Crippen LogP contribution in [0.5, 0.6) is 0 Å². The second-order valence-electron chi connectivity index (χ2n) is 5.68. The Balaban J connectivity index is 1.72. The lowest BCUT2D eigenvalue weighted by molar-refractivity contribution is 0.822. The number of rotatable bonds is 2. The largest absolute Gasteiger partial charge is 0.341 e. The van der Waals surface area contributed by atoms with E-state index in [-0.39, 0.29) is 5.41 Å². The molecule has 0 unspecified atom stereocenters. The summed E-state index contributed by atoms with van der Waals surface area (Å²) in [4.78, 5) is 7.75. The van der Waals surface area contributed by atoms with E-state index in [2.05, 4.69) is 34.2 Å². The first kappa shape index (κ1) is 10.8. The lowest BCUT2D eigenvalue weighted by atomic mass is 10.0. The maximum Gasteiger partial charge on any atom is 0.127 e. The van der Waals surface area contributed by atoms with E-state index in [1.165, 1.54) is 36.0 Å². The van der Waals surface area contributed by atoms with Crippen LogP contribution in [0.4, 0.5) is 0 Å². The summed E-state index contributed by atoms with van der Waals surface area (Å²) in [5.41, 5.74) is 4.85. The second kappa shape index (κ2) is 3.71. The van der Waals surface area contributed by atoms with Crippen molar-refractivity contribution in [2.45, 2.75) is 37.5 Å². The Morgan fingerprint density at radius 2 is 2.05 bits per heavy atom. The molecule has 4 rings (SSSR count). The highest BCUT2D eigenvalue weighted by Crippen LogP contribution is 2.46. The highest BCUT2D eigenvalue weighted by molar-refractivity contribution is 5.61. The van der Waals surface area contributed by atoms with Crippen molar-refractivity contribution < 1.29 is 0 Å². The molecule has 0 amide bonds. The molecular weight excluding hydrogens is 234 g/mol. The van der Waals surface area contributed by atoms with Crippen molar-refractivity contribution in [3.8, 4) is 17.3 Å². The molecule has 3 nitrogen and oxygen atoms in total. The Kier molecular flexibility index (Phi) is 2.11. The molecule has 1 N–H and O–H groups in total. The van der Waals surface area contributed by atoms with Crippen LogP contribution in [0.1, 0.15) is 36.2 Å². The molecule has 3 heteroatoms. The molecule has 2 aliphatic rings. The molecule has 0 saturated heterocycles. The number of H-pyrrole nitrogens is 1. The maximum atomic E-state index is 9.21. The zero-order valence-electron chi connectivity index (χ0n) is 10.7. The average Bonchev–Trinajstić information content (AvgIpc) is 2.90. The first-order valence-corrected chi connectivity index (χ1v) is 6.90. The van der Waals surface area contributed by atoms with Gasteiger partial charge in [-0.25, -0.2) is 4.98 Å². The smallest absolute Gasteiger partial charge is 0.127 e. The molecule has 1 saturated carbocycles. The van der Waals surface area contributed by atoms with Gasteiger partial charge in [0.1, 0.15) is 11.2 Å². The second-order valence-corrected chi connectivity index (χ2v) is 5.68. The summed E-state index contributed by atoms with van der Waals surface area (Å²) in [6.07, 6.45) is 7.39. The highest BCUT2D eigenvalue weighted by atomic mass is 15.0. The lowest BCUT2D eigenvalue weighted by Gasteiger charge is -2.03. The van der Waals surface area contributed by atoms with Gasteiger partial charge in [0.05, 0.1) is 18.0 Å². The molecule has 1 fully saturated rings. The van der Waals surface area contributed by atoms with Crippen LogP contribution in [0.15, 0.2) is 24.4 Å². The van der Waals surface area contributed by atoms with Crippen molar-refractivity contribution in [1.82, 2.24) is 9.97 Å². The van der Waals surface area contributed by atoms with Crippen LogP contribution in [0.25, 0.3) is 11.3 Å². The van der Waals surface area contributed by atoms with Gasteiger partial charge in [-0.15, -0.1) is 0 Å². The SMILES string of the molecule is N#CC1(c2ncc(-c3ccc4c(c3)CCC4)[nH]2)CC1. The van der Waals surface area contributed by atoms with Crippen LogP contribution in [0.3, 0.4) is 0 Å². The minimum Gasteiger partial charge on any atom is -0.341 e. The van der Waals surface area contributed by atoms with Crippen molar-refractivity contribution in [3.05, 3.63) is 41.3 Å². The molecule has 1 heterocycles. The Bertz CT molecular complexity index is 686. The third-order valence-corrected chi connectivity index (χ3v) is 4.40. The zero-order chi connectivity index (χ0) is 12.9. The van der Waals surface area contributed by atoms with E-state index in [0.29, 0.717) is 0 Å². The van der Waals surface area contributed by atoms with Gasteiger partial charge in [-0.1, -0.05) is 12.1 Å². The van der Waals surface area contributed by atoms with Gasteiger partial charge in [0, 0.05) is 0 Å². The zero-order valence-corrected chi connectivity index (χ0v) is 10.7. The fourth-order valence-corrected chi connectivity index (χ4v) is 2.98. The van der Waals surface area contributed by atoms with Gasteiger partial charge in [0.15, 0.2) is 0 Å². The number of fused-ring (bicyclic) bond motifs is 1. The summed E-state index contributed by atoms with van der Waals surface area (Å²) in [5, 5.41) is 9.21. The topological polar surface area (TPSA) is 52.5 Å². The molecule has 0 atom stereocenters. The number of aryl methyl sites for hydroxylation is 2. The van der Waals surface area contributed by atoms with Crippen LogP contribution in [0.2, 0.25) is 0 Å². The van der Waals surface area contributed by atoms with Crippen molar-refractivity contribution in [3.63, 3.8) is 0 Å². The van der Waals surface area contributed by atoms with E-state index in [0.717, 1.165) is 24.4 Å². The molecule has 0 radical (unpaired) electrons. The monoisotopic (exact) mass is 249 g/mol. The molecule has 2 aliphatic carbocycles. The summed E-state index contributed by atoms with van der Waals surface area (Å²) >= 11 is 0. The minimum atomic E-state index is -0.324. The van der Waals surface area contributed by atoms with E-state index in [1.807, 2.05) is 6.20 Å². The molecule has 19 heavy (non-hydrogen) atoms. The van der Waals surface area contributed by atoms with Gasteiger partial charge >= 0.3 is 0 Å². The standard InChI is InChI=1S/C16H15N3/c17-10-16(6-7-16)15-18-9-14(19-15)13-5-4-11-2-1-3-12(11)8-13/h4-5,8-9H,1-3,6-7H2,(H,18,19). The third kappa shape index (κ3) is 1.60. The van der Waals surface area contributed by atoms with Crippen molar-refractivity contribution in [2.75, 3.05) is 0 Å². The van der Waals surface area contributed by atoms with Crippen LogP contribution in [-0.2, 0) is 18.3 Å². The minimum absolute atomic E-state index is 0.324. The van der Waals surface area contributed by atoms with Crippen molar-refractivity contribution in [1.29, 1.82) is 5.26 Å². The van der Waals surface area contributed by atoms with Crippen LogP contribution >= 0.6 is 0 Å². The first-order chi connectivity index (χ1) is 9.31. The fraction of sp³-hybridized carbons (Fsp3) is 0.375. The van der Waals surface area contributed by atoms with Crippen molar-refractivity contribution in [2.24, 2.45) is 0 Å². The number of nitrogens with one attached hydrogen (secondary N) is 1. The number of hydrogen-bond donors (Lipinski definition) is 1. The van der Waals surface area contributed by atoms with E-state index in [4.69, 9.17) is 0 Å². The molecule has 94 valence electrons. The normalized spacial score (nSPS) is 18.9. The fourth-order valence-electron chi connectivity index (χ4n) is 2.98. The predicted molar refractivity (Wildman–Crippen MR) is 72.6 cm³/mol. The van der Waals surface area contributed by atoms with Crippen LogP contribution in [0, 0.1) is 11.3 Å². The van der Waals surface area contributed by atoms with Crippen LogP contribution < -0.4 is 0 Å². The summed E-state index contributed by atoms with van der Waals surface area (Å²) in [6, 6.07) is 9.04. The summed E-state index contributed by atoms with van der Waals surface area (Å²) in [5.74, 6) is 0.838. The molecule has 0 aliphatic heterocycles. The van der Waals surface area contributed by atoms with E-state index >= 15 is 0 Å². The highest BCUT2D eigenvalue weighted by Gasteiger charge is 2.47. The number of nitrogens with zero attached hydrogens (tertiary/aromatic N) is 2. The Morgan fingerprint density at radius 1 is 1.21 bits per heavy atom. The predicted octanol–water partition coefficient (Wildman–Crippen LogP) is 3.12. The third-order valence-electron chi connectivity index (χ3n) is 4.40. The van der Waals surface area contributed by atoms with E-state index in [1.54, 1.807) is 0 Å². The van der Waals surface area contributed by atoms with Gasteiger partial charge in [-0.2, -0.15) is 5.26 Å².